The number of primary amides is 1. The number of carbonyl (C=O) groups excluding carboxylic acids is 1. The van der Waals surface area contributed by atoms with Crippen LogP contribution in [0.5, 0.6) is 0 Å². The predicted molar refractivity (Wildman–Crippen MR) is 67.2 cm³/mol. The zero-order valence-electron chi connectivity index (χ0n) is 10.1. The predicted octanol–water partition coefficient (Wildman–Crippen LogP) is 0.938. The Labute approximate surface area is 102 Å². The highest BCUT2D eigenvalue weighted by atomic mass is 16.1. The van der Waals surface area contributed by atoms with E-state index in [-0.39, 0.29) is 18.0 Å². The second kappa shape index (κ2) is 4.85. The van der Waals surface area contributed by atoms with Gasteiger partial charge in [-0.05, 0) is 24.1 Å². The first-order valence-electron chi connectivity index (χ1n) is 6.00. The number of amides is 1. The van der Waals surface area contributed by atoms with E-state index in [1.54, 1.807) is 0 Å². The van der Waals surface area contributed by atoms with Gasteiger partial charge in [0, 0.05) is 12.1 Å². The summed E-state index contributed by atoms with van der Waals surface area (Å²) in [6.45, 7) is 3.13. The Morgan fingerprint density at radius 3 is 2.65 bits per heavy atom. The van der Waals surface area contributed by atoms with E-state index in [0.29, 0.717) is 6.54 Å². The lowest BCUT2D eigenvalue weighted by molar-refractivity contribution is -0.119. The maximum atomic E-state index is 11.1. The van der Waals surface area contributed by atoms with Crippen molar-refractivity contribution in [3.63, 3.8) is 0 Å². The number of nitrogens with zero attached hydrogens (tertiary/aromatic N) is 1. The summed E-state index contributed by atoms with van der Waals surface area (Å²) in [6, 6.07) is 8.47. The second-order valence-electron chi connectivity index (χ2n) is 4.52. The minimum absolute atomic E-state index is 0.0677. The molecule has 4 heteroatoms. The van der Waals surface area contributed by atoms with E-state index in [1.807, 2.05) is 19.1 Å². The van der Waals surface area contributed by atoms with E-state index < -0.39 is 0 Å². The standard InChI is InChI=1S/C13H19N3O/c1-2-16(8-13(15)17)12-7-11(14)9-5-3-4-6-10(9)12/h3-6,11-12H,2,7-8,14H2,1H3,(H2,15,17). The molecule has 0 heterocycles. The van der Waals surface area contributed by atoms with Crippen LogP contribution < -0.4 is 11.5 Å². The summed E-state index contributed by atoms with van der Waals surface area (Å²) < 4.78 is 0. The molecule has 4 nitrogen and oxygen atoms in total. The minimum atomic E-state index is -0.287. The Kier molecular flexibility index (Phi) is 3.45. The molecule has 1 aliphatic carbocycles. The van der Waals surface area contributed by atoms with Crippen LogP contribution in [-0.2, 0) is 4.79 Å². The maximum absolute atomic E-state index is 11.1. The summed E-state index contributed by atoms with van der Waals surface area (Å²) in [5.74, 6) is -0.287. The van der Waals surface area contributed by atoms with Crippen LogP contribution >= 0.6 is 0 Å². The molecule has 2 unspecified atom stereocenters. The van der Waals surface area contributed by atoms with Crippen molar-refractivity contribution >= 4 is 5.91 Å². The molecular formula is C13H19N3O. The molecular weight excluding hydrogens is 214 g/mol. The lowest BCUT2D eigenvalue weighted by Crippen LogP contribution is -2.36. The Balaban J connectivity index is 2.26. The molecule has 2 atom stereocenters. The first-order valence-corrected chi connectivity index (χ1v) is 6.00. The van der Waals surface area contributed by atoms with Crippen LogP contribution in [0.15, 0.2) is 24.3 Å². The lowest BCUT2D eigenvalue weighted by atomic mass is 10.1. The summed E-state index contributed by atoms with van der Waals surface area (Å²) in [6.07, 6.45) is 0.862. The number of benzene rings is 1. The molecule has 0 fully saturated rings. The van der Waals surface area contributed by atoms with Gasteiger partial charge < -0.3 is 11.5 Å². The highest BCUT2D eigenvalue weighted by Crippen LogP contribution is 2.40. The van der Waals surface area contributed by atoms with Gasteiger partial charge in [-0.15, -0.1) is 0 Å². The van der Waals surface area contributed by atoms with Crippen molar-refractivity contribution in [2.45, 2.75) is 25.4 Å². The molecule has 0 saturated heterocycles. The van der Waals surface area contributed by atoms with Crippen LogP contribution in [0.2, 0.25) is 0 Å². The molecule has 0 saturated carbocycles. The molecule has 92 valence electrons. The van der Waals surface area contributed by atoms with Gasteiger partial charge in [0.25, 0.3) is 0 Å². The van der Waals surface area contributed by atoms with Crippen LogP contribution in [0, 0.1) is 0 Å². The van der Waals surface area contributed by atoms with Crippen LogP contribution in [0.4, 0.5) is 0 Å². The first-order chi connectivity index (χ1) is 8.13. The molecule has 4 N–H and O–H groups in total. The summed E-state index contributed by atoms with van der Waals surface area (Å²) in [5.41, 5.74) is 13.8. The molecule has 1 aromatic carbocycles. The monoisotopic (exact) mass is 233 g/mol. The normalized spacial score (nSPS) is 22.8. The number of carbonyl (C=O) groups is 1. The maximum Gasteiger partial charge on any atom is 0.231 e. The first kappa shape index (κ1) is 12.1. The van der Waals surface area contributed by atoms with Gasteiger partial charge in [0.15, 0.2) is 0 Å². The largest absolute Gasteiger partial charge is 0.369 e. The topological polar surface area (TPSA) is 72.3 Å². The Bertz CT molecular complexity index is 419. The van der Waals surface area contributed by atoms with Crippen molar-refractivity contribution in [2.24, 2.45) is 11.5 Å². The Hall–Kier alpha value is -1.39. The number of fused-ring (bicyclic) bond motifs is 1. The highest BCUT2D eigenvalue weighted by molar-refractivity contribution is 5.76. The summed E-state index contributed by atoms with van der Waals surface area (Å²) >= 11 is 0. The molecule has 17 heavy (non-hydrogen) atoms. The van der Waals surface area contributed by atoms with Gasteiger partial charge in [-0.3, -0.25) is 9.69 Å². The highest BCUT2D eigenvalue weighted by Gasteiger charge is 2.32. The third-order valence-electron chi connectivity index (χ3n) is 3.44. The molecule has 1 amide bonds. The quantitative estimate of drug-likeness (QED) is 0.813. The molecule has 0 radical (unpaired) electrons. The van der Waals surface area contributed by atoms with Crippen molar-refractivity contribution in [1.82, 2.24) is 4.90 Å². The van der Waals surface area contributed by atoms with Crippen LogP contribution in [0.1, 0.15) is 36.6 Å². The van der Waals surface area contributed by atoms with Crippen molar-refractivity contribution in [1.29, 1.82) is 0 Å². The minimum Gasteiger partial charge on any atom is -0.369 e. The van der Waals surface area contributed by atoms with Crippen LogP contribution in [0.3, 0.4) is 0 Å². The van der Waals surface area contributed by atoms with Gasteiger partial charge in [-0.2, -0.15) is 0 Å². The molecule has 0 bridgehead atoms. The number of hydrogen-bond donors (Lipinski definition) is 2. The average Bonchev–Trinajstić information content (AvgIpc) is 2.64. The van der Waals surface area contributed by atoms with E-state index in [0.717, 1.165) is 13.0 Å². The van der Waals surface area contributed by atoms with Gasteiger partial charge in [-0.25, -0.2) is 0 Å². The SMILES string of the molecule is CCN(CC(N)=O)C1CC(N)c2ccccc21. The number of rotatable bonds is 4. The Morgan fingerprint density at radius 2 is 2.06 bits per heavy atom. The second-order valence-corrected chi connectivity index (χ2v) is 4.52. The zero-order valence-corrected chi connectivity index (χ0v) is 10.1. The van der Waals surface area contributed by atoms with Gasteiger partial charge in [0.05, 0.1) is 6.54 Å². The smallest absolute Gasteiger partial charge is 0.231 e. The fourth-order valence-corrected chi connectivity index (χ4v) is 2.63. The van der Waals surface area contributed by atoms with Crippen molar-refractivity contribution in [2.75, 3.05) is 13.1 Å². The van der Waals surface area contributed by atoms with E-state index in [9.17, 15) is 4.79 Å². The van der Waals surface area contributed by atoms with Gasteiger partial charge in [-0.1, -0.05) is 31.2 Å². The number of nitrogens with two attached hydrogens (primary N) is 2. The van der Waals surface area contributed by atoms with Crippen molar-refractivity contribution in [3.05, 3.63) is 35.4 Å². The molecule has 0 aliphatic heterocycles. The molecule has 2 rings (SSSR count). The molecule has 1 aromatic rings. The van der Waals surface area contributed by atoms with E-state index in [1.165, 1.54) is 11.1 Å². The van der Waals surface area contributed by atoms with E-state index in [2.05, 4.69) is 17.0 Å². The fraction of sp³-hybridized carbons (Fsp3) is 0.462. The third-order valence-corrected chi connectivity index (χ3v) is 3.44. The average molecular weight is 233 g/mol. The molecule has 0 spiro atoms. The van der Waals surface area contributed by atoms with Crippen molar-refractivity contribution < 1.29 is 4.79 Å². The third kappa shape index (κ3) is 2.33. The van der Waals surface area contributed by atoms with E-state index >= 15 is 0 Å². The van der Waals surface area contributed by atoms with Crippen LogP contribution in [0.25, 0.3) is 0 Å². The van der Waals surface area contributed by atoms with Gasteiger partial charge >= 0.3 is 0 Å². The molecule has 1 aliphatic rings. The van der Waals surface area contributed by atoms with Gasteiger partial charge in [0.2, 0.25) is 5.91 Å². The zero-order chi connectivity index (χ0) is 12.4. The summed E-state index contributed by atoms with van der Waals surface area (Å²) in [7, 11) is 0. The number of hydrogen-bond acceptors (Lipinski definition) is 3. The van der Waals surface area contributed by atoms with Crippen molar-refractivity contribution in [3.8, 4) is 0 Å². The lowest BCUT2D eigenvalue weighted by Gasteiger charge is -2.27. The van der Waals surface area contributed by atoms with Crippen LogP contribution in [-0.4, -0.2) is 23.9 Å². The summed E-state index contributed by atoms with van der Waals surface area (Å²) in [5, 5.41) is 0. The Morgan fingerprint density at radius 1 is 1.41 bits per heavy atom. The molecule has 0 aromatic heterocycles. The number of likely N-dealkylation sites (N-methyl/N-ethyl adjacent to an activating group) is 1. The van der Waals surface area contributed by atoms with Gasteiger partial charge in [0.1, 0.15) is 0 Å². The van der Waals surface area contributed by atoms with E-state index in [4.69, 9.17) is 11.5 Å². The fourth-order valence-electron chi connectivity index (χ4n) is 2.63. The summed E-state index contributed by atoms with van der Waals surface area (Å²) in [4.78, 5) is 13.2.